The van der Waals surface area contributed by atoms with Crippen LogP contribution in [0.25, 0.3) is 0 Å². The zero-order valence-electron chi connectivity index (χ0n) is 13.4. The highest BCUT2D eigenvalue weighted by Gasteiger charge is 2.21. The predicted molar refractivity (Wildman–Crippen MR) is 89.2 cm³/mol. The van der Waals surface area contributed by atoms with Crippen molar-refractivity contribution in [2.24, 2.45) is 0 Å². The number of methoxy groups -OCH3 is 2. The van der Waals surface area contributed by atoms with Crippen LogP contribution < -0.4 is 9.47 Å². The van der Waals surface area contributed by atoms with Crippen LogP contribution in [0, 0.1) is 0 Å². The number of benzene rings is 1. The van der Waals surface area contributed by atoms with Crippen LogP contribution in [0.1, 0.15) is 18.4 Å². The molecule has 0 aliphatic carbocycles. The Balaban J connectivity index is 2.08. The van der Waals surface area contributed by atoms with Crippen LogP contribution in [0.15, 0.2) is 16.6 Å². The first-order valence-electron chi connectivity index (χ1n) is 7.34. The molecule has 4 nitrogen and oxygen atoms in total. The fourth-order valence-corrected chi connectivity index (χ4v) is 3.30. The summed E-state index contributed by atoms with van der Waals surface area (Å²) in [7, 11) is 7.74. The van der Waals surface area contributed by atoms with E-state index in [1.165, 1.54) is 31.5 Å². The van der Waals surface area contributed by atoms with Crippen LogP contribution >= 0.6 is 15.9 Å². The third-order valence-electron chi connectivity index (χ3n) is 4.28. The molecule has 1 saturated heterocycles. The summed E-state index contributed by atoms with van der Waals surface area (Å²) in [5.74, 6) is 1.54. The Morgan fingerprint density at radius 2 is 1.76 bits per heavy atom. The second kappa shape index (κ2) is 7.47. The summed E-state index contributed by atoms with van der Waals surface area (Å²) in [6, 6.07) is 4.70. The molecule has 1 fully saturated rings. The first-order chi connectivity index (χ1) is 10.0. The third kappa shape index (κ3) is 4.11. The van der Waals surface area contributed by atoms with E-state index < -0.39 is 0 Å². The van der Waals surface area contributed by atoms with Crippen LogP contribution in [0.5, 0.6) is 11.5 Å². The lowest BCUT2D eigenvalue weighted by molar-refractivity contribution is 0.139. The monoisotopic (exact) mass is 356 g/mol. The van der Waals surface area contributed by atoms with Gasteiger partial charge in [0.05, 0.1) is 14.2 Å². The van der Waals surface area contributed by atoms with Gasteiger partial charge in [-0.1, -0.05) is 15.9 Å². The van der Waals surface area contributed by atoms with E-state index in [4.69, 9.17) is 9.47 Å². The van der Waals surface area contributed by atoms with E-state index in [-0.39, 0.29) is 0 Å². The van der Waals surface area contributed by atoms with Gasteiger partial charge in [0, 0.05) is 17.1 Å². The van der Waals surface area contributed by atoms with E-state index >= 15 is 0 Å². The highest BCUT2D eigenvalue weighted by molar-refractivity contribution is 9.10. The molecule has 0 saturated carbocycles. The molecule has 118 valence electrons. The second-order valence-corrected chi connectivity index (χ2v) is 6.60. The van der Waals surface area contributed by atoms with Gasteiger partial charge in [0.2, 0.25) is 0 Å². The number of hydrogen-bond donors (Lipinski definition) is 0. The van der Waals surface area contributed by atoms with E-state index in [1.807, 2.05) is 6.07 Å². The van der Waals surface area contributed by atoms with Crippen molar-refractivity contribution < 1.29 is 9.47 Å². The van der Waals surface area contributed by atoms with Crippen molar-refractivity contribution in [3.05, 3.63) is 22.2 Å². The minimum atomic E-state index is 0.654. The maximum absolute atomic E-state index is 5.40. The lowest BCUT2D eigenvalue weighted by atomic mass is 10.0. The second-order valence-electron chi connectivity index (χ2n) is 5.75. The first kappa shape index (κ1) is 16.6. The predicted octanol–water partition coefficient (Wildman–Crippen LogP) is 2.99. The molecular weight excluding hydrogens is 332 g/mol. The fraction of sp³-hybridized carbons (Fsp3) is 0.625. The maximum Gasteiger partial charge on any atom is 0.161 e. The molecule has 5 heteroatoms. The Hall–Kier alpha value is -0.780. The molecule has 0 aromatic heterocycles. The number of rotatable bonds is 5. The highest BCUT2D eigenvalue weighted by atomic mass is 79.9. The van der Waals surface area contributed by atoms with Crippen molar-refractivity contribution in [2.75, 3.05) is 41.4 Å². The Labute approximate surface area is 136 Å². The van der Waals surface area contributed by atoms with Crippen LogP contribution in [0.3, 0.4) is 0 Å². The van der Waals surface area contributed by atoms with Crippen molar-refractivity contribution in [2.45, 2.75) is 25.4 Å². The zero-order chi connectivity index (χ0) is 15.4. The molecule has 21 heavy (non-hydrogen) atoms. The van der Waals surface area contributed by atoms with Gasteiger partial charge in [0.1, 0.15) is 0 Å². The molecule has 1 aromatic carbocycles. The topological polar surface area (TPSA) is 24.9 Å². The molecule has 0 N–H and O–H groups in total. The van der Waals surface area contributed by atoms with Gasteiger partial charge in [-0.05, 0) is 57.7 Å². The zero-order valence-corrected chi connectivity index (χ0v) is 14.9. The minimum Gasteiger partial charge on any atom is -0.493 e. The van der Waals surface area contributed by atoms with Crippen molar-refractivity contribution in [3.63, 3.8) is 0 Å². The normalized spacial score (nSPS) is 17.2. The van der Waals surface area contributed by atoms with E-state index in [0.29, 0.717) is 6.04 Å². The number of ether oxygens (including phenoxy) is 2. The third-order valence-corrected chi connectivity index (χ3v) is 5.02. The molecule has 0 spiro atoms. The van der Waals surface area contributed by atoms with E-state index in [1.54, 1.807) is 14.2 Å². The summed E-state index contributed by atoms with van der Waals surface area (Å²) in [5, 5.41) is 0. The van der Waals surface area contributed by atoms with Crippen molar-refractivity contribution in [3.8, 4) is 11.5 Å². The molecular formula is C16H25BrN2O2. The summed E-state index contributed by atoms with van der Waals surface area (Å²) in [6.07, 6.45) is 2.47. The summed E-state index contributed by atoms with van der Waals surface area (Å²) in [6.45, 7) is 3.28. The largest absolute Gasteiger partial charge is 0.493 e. The molecule has 2 rings (SSSR count). The maximum atomic E-state index is 5.40. The lowest BCUT2D eigenvalue weighted by Gasteiger charge is -2.35. The quantitative estimate of drug-likeness (QED) is 0.809. The van der Waals surface area contributed by atoms with E-state index in [9.17, 15) is 0 Å². The number of nitrogens with zero attached hydrogens (tertiary/aromatic N) is 2. The Kier molecular flexibility index (Phi) is 5.90. The molecule has 1 aliphatic rings. The molecule has 0 unspecified atom stereocenters. The summed E-state index contributed by atoms with van der Waals surface area (Å²) in [4.78, 5) is 4.84. The number of piperidine rings is 1. The van der Waals surface area contributed by atoms with Gasteiger partial charge in [0.25, 0.3) is 0 Å². The Morgan fingerprint density at radius 1 is 1.19 bits per heavy atom. The number of likely N-dealkylation sites (tertiary alicyclic amines) is 1. The fourth-order valence-electron chi connectivity index (χ4n) is 2.85. The molecule has 0 amide bonds. The van der Waals surface area contributed by atoms with E-state index in [2.05, 4.69) is 45.9 Å². The van der Waals surface area contributed by atoms with Gasteiger partial charge >= 0.3 is 0 Å². The molecule has 1 aliphatic heterocycles. The summed E-state index contributed by atoms with van der Waals surface area (Å²) >= 11 is 3.64. The van der Waals surface area contributed by atoms with Gasteiger partial charge in [-0.15, -0.1) is 0 Å². The Bertz CT molecular complexity index is 474. The smallest absolute Gasteiger partial charge is 0.161 e. The summed E-state index contributed by atoms with van der Waals surface area (Å²) in [5.41, 5.74) is 1.23. The summed E-state index contributed by atoms with van der Waals surface area (Å²) < 4.78 is 11.8. The van der Waals surface area contributed by atoms with Crippen LogP contribution in [0.4, 0.5) is 0 Å². The van der Waals surface area contributed by atoms with Crippen molar-refractivity contribution in [1.82, 2.24) is 9.80 Å². The van der Waals surface area contributed by atoms with E-state index in [0.717, 1.165) is 22.5 Å². The molecule has 0 bridgehead atoms. The van der Waals surface area contributed by atoms with Crippen LogP contribution in [-0.2, 0) is 6.54 Å². The SMILES string of the molecule is COc1cc(Br)c(CN(C)C2CCN(C)CC2)cc1OC. The number of halogens is 1. The van der Waals surface area contributed by atoms with Gasteiger partial charge in [-0.3, -0.25) is 4.90 Å². The molecule has 1 aromatic rings. The van der Waals surface area contributed by atoms with Crippen LogP contribution in [-0.4, -0.2) is 57.2 Å². The minimum absolute atomic E-state index is 0.654. The molecule has 1 heterocycles. The van der Waals surface area contributed by atoms with Gasteiger partial charge < -0.3 is 14.4 Å². The standard InChI is InChI=1S/C16H25BrN2O2/c1-18-7-5-13(6-8-18)19(2)11-12-9-15(20-3)16(21-4)10-14(12)17/h9-10,13H,5-8,11H2,1-4H3. The average Bonchev–Trinajstić information content (AvgIpc) is 2.49. The van der Waals surface area contributed by atoms with Gasteiger partial charge in [0.15, 0.2) is 11.5 Å². The van der Waals surface area contributed by atoms with Crippen molar-refractivity contribution in [1.29, 1.82) is 0 Å². The van der Waals surface area contributed by atoms with Gasteiger partial charge in [-0.25, -0.2) is 0 Å². The molecule has 0 radical (unpaired) electrons. The first-order valence-corrected chi connectivity index (χ1v) is 8.13. The average molecular weight is 357 g/mol. The molecule has 0 atom stereocenters. The van der Waals surface area contributed by atoms with Crippen LogP contribution in [0.2, 0.25) is 0 Å². The number of hydrogen-bond acceptors (Lipinski definition) is 4. The highest BCUT2D eigenvalue weighted by Crippen LogP contribution is 2.34. The lowest BCUT2D eigenvalue weighted by Crippen LogP contribution is -2.41. The van der Waals surface area contributed by atoms with Crippen molar-refractivity contribution >= 4 is 15.9 Å². The Morgan fingerprint density at radius 3 is 2.33 bits per heavy atom. The van der Waals surface area contributed by atoms with Gasteiger partial charge in [-0.2, -0.15) is 0 Å².